The van der Waals surface area contributed by atoms with Gasteiger partial charge in [-0.1, -0.05) is 67.7 Å². The Hall–Kier alpha value is -2.31. The van der Waals surface area contributed by atoms with Crippen LogP contribution in [0.4, 0.5) is 0 Å². The molecule has 2 aromatic carbocycles. The molecule has 0 aliphatic heterocycles. The zero-order valence-corrected chi connectivity index (χ0v) is 20.3. The number of halogens is 1. The molecule has 5 nitrogen and oxygen atoms in total. The molecule has 3 aromatic rings. The Kier molecular flexibility index (Phi) is 7.21. The van der Waals surface area contributed by atoms with Crippen LogP contribution in [0, 0.1) is 18.8 Å². The smallest absolute Gasteiger partial charge is 0.230 e. The Bertz CT molecular complexity index is 1060. The minimum atomic E-state index is 0.0486. The molecule has 4 rings (SSSR count). The molecule has 3 atom stereocenters. The Morgan fingerprint density at radius 2 is 1.81 bits per heavy atom. The highest BCUT2D eigenvalue weighted by atomic mass is 35.5. The van der Waals surface area contributed by atoms with Gasteiger partial charge in [0.2, 0.25) is 5.91 Å². The second kappa shape index (κ2) is 10.1. The molecule has 168 valence electrons. The van der Waals surface area contributed by atoms with Crippen molar-refractivity contribution in [3.8, 4) is 17.1 Å². The fourth-order valence-electron chi connectivity index (χ4n) is 4.24. The molecule has 1 aliphatic rings. The number of aryl methyl sites for hydroxylation is 1. The lowest BCUT2D eigenvalue weighted by Gasteiger charge is -2.34. The van der Waals surface area contributed by atoms with Gasteiger partial charge in [0.25, 0.3) is 0 Å². The molecule has 1 aromatic heterocycles. The summed E-state index contributed by atoms with van der Waals surface area (Å²) < 4.78 is 2.01. The summed E-state index contributed by atoms with van der Waals surface area (Å²) in [6.07, 6.45) is 3.48. The Morgan fingerprint density at radius 1 is 1.09 bits per heavy atom. The van der Waals surface area contributed by atoms with Crippen LogP contribution in [0.3, 0.4) is 0 Å². The van der Waals surface area contributed by atoms with Crippen molar-refractivity contribution in [2.45, 2.75) is 51.2 Å². The van der Waals surface area contributed by atoms with Gasteiger partial charge in [0.05, 0.1) is 5.75 Å². The third-order valence-electron chi connectivity index (χ3n) is 6.41. The summed E-state index contributed by atoms with van der Waals surface area (Å²) in [5, 5.41) is 13.5. The van der Waals surface area contributed by atoms with Gasteiger partial charge in [-0.25, -0.2) is 0 Å². The summed E-state index contributed by atoms with van der Waals surface area (Å²) in [5.74, 6) is 2.23. The van der Waals surface area contributed by atoms with Crippen molar-refractivity contribution in [1.29, 1.82) is 0 Å². The summed E-state index contributed by atoms with van der Waals surface area (Å²) in [6, 6.07) is 16.0. The minimum Gasteiger partial charge on any atom is -0.352 e. The first-order valence-electron chi connectivity index (χ1n) is 11.1. The van der Waals surface area contributed by atoms with Gasteiger partial charge in [-0.05, 0) is 61.6 Å². The lowest BCUT2D eigenvalue weighted by Crippen LogP contribution is -2.44. The van der Waals surface area contributed by atoms with Gasteiger partial charge < -0.3 is 5.32 Å². The van der Waals surface area contributed by atoms with Gasteiger partial charge in [0.15, 0.2) is 11.0 Å². The van der Waals surface area contributed by atoms with E-state index in [1.807, 2.05) is 41.0 Å². The number of hydrogen-bond donors (Lipinski definition) is 1. The zero-order chi connectivity index (χ0) is 22.7. The first-order valence-corrected chi connectivity index (χ1v) is 12.5. The number of aromatic nitrogens is 3. The van der Waals surface area contributed by atoms with Gasteiger partial charge in [-0.15, -0.1) is 10.2 Å². The standard InChI is InChI=1S/C25H29ClN4OS/c1-16-7-13-21(14-8-16)30-24(19-9-11-20(26)12-10-19)28-29-25(30)32-15-23(31)27-22-6-4-5-17(2)18(22)3/h7-14,17-18,22H,4-6,15H2,1-3H3,(H,27,31)/t17-,18+,22-/m1/s1. The average molecular weight is 469 g/mol. The van der Waals surface area contributed by atoms with E-state index in [1.165, 1.54) is 30.2 Å². The van der Waals surface area contributed by atoms with Crippen LogP contribution in [0.2, 0.25) is 5.02 Å². The molecule has 32 heavy (non-hydrogen) atoms. The summed E-state index contributed by atoms with van der Waals surface area (Å²) in [4.78, 5) is 12.7. The van der Waals surface area contributed by atoms with Crippen LogP contribution >= 0.6 is 23.4 Å². The first kappa shape index (κ1) is 22.9. The van der Waals surface area contributed by atoms with Crippen molar-refractivity contribution in [3.63, 3.8) is 0 Å². The van der Waals surface area contributed by atoms with Gasteiger partial charge in [0, 0.05) is 22.3 Å². The third-order valence-corrected chi connectivity index (χ3v) is 7.59. The molecule has 1 amide bonds. The minimum absolute atomic E-state index is 0.0486. The highest BCUT2D eigenvalue weighted by molar-refractivity contribution is 7.99. The van der Waals surface area contributed by atoms with Crippen LogP contribution in [0.5, 0.6) is 0 Å². The van der Waals surface area contributed by atoms with Crippen molar-refractivity contribution in [1.82, 2.24) is 20.1 Å². The molecule has 1 aliphatic carbocycles. The van der Waals surface area contributed by atoms with E-state index in [9.17, 15) is 4.79 Å². The van der Waals surface area contributed by atoms with Crippen LogP contribution in [-0.4, -0.2) is 32.5 Å². The average Bonchev–Trinajstić information content (AvgIpc) is 3.20. The fraction of sp³-hybridized carbons (Fsp3) is 0.400. The molecule has 0 bridgehead atoms. The van der Waals surface area contributed by atoms with E-state index in [1.54, 1.807) is 0 Å². The normalized spacial score (nSPS) is 20.8. The zero-order valence-electron chi connectivity index (χ0n) is 18.7. The Labute approximate surface area is 199 Å². The maximum absolute atomic E-state index is 12.7. The van der Waals surface area contributed by atoms with E-state index in [2.05, 4.69) is 48.4 Å². The second-order valence-corrected chi connectivity index (χ2v) is 10.1. The van der Waals surface area contributed by atoms with Crippen molar-refractivity contribution in [2.75, 3.05) is 5.75 Å². The third kappa shape index (κ3) is 5.18. The van der Waals surface area contributed by atoms with E-state index in [4.69, 9.17) is 11.6 Å². The van der Waals surface area contributed by atoms with E-state index in [0.717, 1.165) is 23.5 Å². The van der Waals surface area contributed by atoms with Gasteiger partial charge >= 0.3 is 0 Å². The number of nitrogens with one attached hydrogen (secondary N) is 1. The van der Waals surface area contributed by atoms with Crippen LogP contribution < -0.4 is 5.32 Å². The molecular formula is C25H29ClN4OS. The number of rotatable bonds is 6. The summed E-state index contributed by atoms with van der Waals surface area (Å²) in [6.45, 7) is 6.58. The molecule has 0 radical (unpaired) electrons. The predicted molar refractivity (Wildman–Crippen MR) is 131 cm³/mol. The first-order chi connectivity index (χ1) is 15.4. The van der Waals surface area contributed by atoms with Crippen LogP contribution in [0.1, 0.15) is 38.7 Å². The molecule has 0 spiro atoms. The Morgan fingerprint density at radius 3 is 2.53 bits per heavy atom. The van der Waals surface area contributed by atoms with E-state index >= 15 is 0 Å². The molecule has 1 N–H and O–H groups in total. The van der Waals surface area contributed by atoms with E-state index in [-0.39, 0.29) is 11.9 Å². The predicted octanol–water partition coefficient (Wildman–Crippen LogP) is 5.93. The number of benzene rings is 2. The van der Waals surface area contributed by atoms with Crippen molar-refractivity contribution < 1.29 is 4.79 Å². The number of amides is 1. The highest BCUT2D eigenvalue weighted by Gasteiger charge is 2.28. The van der Waals surface area contributed by atoms with Crippen LogP contribution in [0.15, 0.2) is 53.7 Å². The molecule has 1 fully saturated rings. The van der Waals surface area contributed by atoms with Gasteiger partial charge in [0.1, 0.15) is 0 Å². The largest absolute Gasteiger partial charge is 0.352 e. The topological polar surface area (TPSA) is 59.8 Å². The SMILES string of the molecule is Cc1ccc(-n2c(SCC(=O)N[C@@H]3CCC[C@@H](C)[C@@H]3C)nnc2-c2ccc(Cl)cc2)cc1. The molecule has 1 heterocycles. The number of hydrogen-bond acceptors (Lipinski definition) is 4. The molecule has 7 heteroatoms. The van der Waals surface area contributed by atoms with Crippen LogP contribution in [0.25, 0.3) is 17.1 Å². The fourth-order valence-corrected chi connectivity index (χ4v) is 5.13. The lowest BCUT2D eigenvalue weighted by atomic mass is 9.78. The molecular weight excluding hydrogens is 440 g/mol. The summed E-state index contributed by atoms with van der Waals surface area (Å²) in [7, 11) is 0. The quantitative estimate of drug-likeness (QED) is 0.455. The van der Waals surface area contributed by atoms with E-state index in [0.29, 0.717) is 27.8 Å². The second-order valence-electron chi connectivity index (χ2n) is 8.71. The van der Waals surface area contributed by atoms with Gasteiger partial charge in [-0.3, -0.25) is 9.36 Å². The molecule has 0 saturated heterocycles. The number of nitrogens with zero attached hydrogens (tertiary/aromatic N) is 3. The number of carbonyl (C=O) groups is 1. The maximum atomic E-state index is 12.7. The summed E-state index contributed by atoms with van der Waals surface area (Å²) in [5.41, 5.74) is 3.06. The Balaban J connectivity index is 1.55. The van der Waals surface area contributed by atoms with Crippen molar-refractivity contribution in [2.24, 2.45) is 11.8 Å². The lowest BCUT2D eigenvalue weighted by molar-refractivity contribution is -0.120. The maximum Gasteiger partial charge on any atom is 0.230 e. The molecule has 1 saturated carbocycles. The monoisotopic (exact) mass is 468 g/mol. The molecule has 0 unspecified atom stereocenters. The summed E-state index contributed by atoms with van der Waals surface area (Å²) >= 11 is 7.49. The number of carbonyl (C=O) groups excluding carboxylic acids is 1. The van der Waals surface area contributed by atoms with Crippen LogP contribution in [-0.2, 0) is 4.79 Å². The highest BCUT2D eigenvalue weighted by Crippen LogP contribution is 2.31. The van der Waals surface area contributed by atoms with Crippen molar-refractivity contribution in [3.05, 3.63) is 59.1 Å². The number of thioether (sulfide) groups is 1. The van der Waals surface area contributed by atoms with Crippen molar-refractivity contribution >= 4 is 29.3 Å². The van der Waals surface area contributed by atoms with Gasteiger partial charge in [-0.2, -0.15) is 0 Å². The van der Waals surface area contributed by atoms with E-state index < -0.39 is 0 Å².